The van der Waals surface area contributed by atoms with Crippen LogP contribution in [0.1, 0.15) is 40.5 Å². The van der Waals surface area contributed by atoms with Gasteiger partial charge in [0.25, 0.3) is 5.91 Å². The van der Waals surface area contributed by atoms with Crippen molar-refractivity contribution in [1.82, 2.24) is 0 Å². The van der Waals surface area contributed by atoms with E-state index < -0.39 is 18.2 Å². The van der Waals surface area contributed by atoms with Gasteiger partial charge in [-0.15, -0.1) is 0 Å². The Bertz CT molecular complexity index is 556. The minimum absolute atomic E-state index is 0.170. The summed E-state index contributed by atoms with van der Waals surface area (Å²) >= 11 is 0. The molecule has 0 aliphatic heterocycles. The fraction of sp³-hybridized carbons (Fsp3) is 0.579. The number of amides is 1. The Hall–Kier alpha value is -2.08. The van der Waals surface area contributed by atoms with Gasteiger partial charge in [0.15, 0.2) is 6.61 Å². The average molecular weight is 351 g/mol. The van der Waals surface area contributed by atoms with Crippen LogP contribution < -0.4 is 10.1 Å². The van der Waals surface area contributed by atoms with Gasteiger partial charge in [-0.25, -0.2) is 4.79 Å². The maximum Gasteiger partial charge on any atom is 0.341 e. The van der Waals surface area contributed by atoms with Crippen LogP contribution in [0.25, 0.3) is 0 Å². The molecule has 2 N–H and O–H groups in total. The summed E-state index contributed by atoms with van der Waals surface area (Å²) in [5, 5.41) is 11.5. The number of anilines is 1. The van der Waals surface area contributed by atoms with Crippen LogP contribution in [0.15, 0.2) is 24.3 Å². The first-order valence-electron chi connectivity index (χ1n) is 8.49. The maximum absolute atomic E-state index is 12.9. The van der Waals surface area contributed by atoms with E-state index in [1.807, 2.05) is 0 Å². The van der Waals surface area contributed by atoms with Crippen LogP contribution in [0, 0.1) is 11.8 Å². The number of ether oxygens (including phenoxy) is 2. The Kier molecular flexibility index (Phi) is 7.90. The zero-order valence-electron chi connectivity index (χ0n) is 15.7. The number of nitrogens with one attached hydrogen (secondary N) is 1. The molecule has 1 aromatic carbocycles. The molecule has 0 aliphatic carbocycles. The summed E-state index contributed by atoms with van der Waals surface area (Å²) < 4.78 is 10.8. The van der Waals surface area contributed by atoms with E-state index in [1.54, 1.807) is 31.4 Å². The van der Waals surface area contributed by atoms with Crippen molar-refractivity contribution in [3.63, 3.8) is 0 Å². The summed E-state index contributed by atoms with van der Waals surface area (Å²) in [6, 6.07) is 6.61. The van der Waals surface area contributed by atoms with Crippen LogP contribution in [0.4, 0.5) is 5.69 Å². The number of carbonyl (C=O) groups is 2. The molecule has 0 unspecified atom stereocenters. The molecule has 0 spiro atoms. The summed E-state index contributed by atoms with van der Waals surface area (Å²) in [4.78, 5) is 23.4. The van der Waals surface area contributed by atoms with Crippen LogP contribution in [-0.4, -0.2) is 36.3 Å². The van der Waals surface area contributed by atoms with Gasteiger partial charge in [0.1, 0.15) is 11.4 Å². The number of carbonyl (C=O) groups excluding carboxylic acids is 1. The lowest BCUT2D eigenvalue weighted by Gasteiger charge is -2.34. The molecular formula is C19H29NO5. The summed E-state index contributed by atoms with van der Waals surface area (Å²) in [7, 11) is 1.58. The van der Waals surface area contributed by atoms with E-state index in [9.17, 15) is 9.59 Å². The Balaban J connectivity index is 2.86. The Labute approximate surface area is 149 Å². The van der Waals surface area contributed by atoms with Gasteiger partial charge in [-0.1, -0.05) is 27.7 Å². The maximum atomic E-state index is 12.9. The van der Waals surface area contributed by atoms with E-state index in [4.69, 9.17) is 14.6 Å². The van der Waals surface area contributed by atoms with Crippen LogP contribution in [-0.2, 0) is 14.3 Å². The van der Waals surface area contributed by atoms with Crippen molar-refractivity contribution >= 4 is 17.6 Å². The molecular weight excluding hydrogens is 322 g/mol. The molecule has 0 atom stereocenters. The lowest BCUT2D eigenvalue weighted by atomic mass is 9.84. The highest BCUT2D eigenvalue weighted by Crippen LogP contribution is 2.30. The molecule has 0 fully saturated rings. The first-order chi connectivity index (χ1) is 11.7. The standard InChI is InChI=1S/C19H29NO5/c1-13(2)10-19(24-5,11-14(3)4)18(23)20-15-6-8-16(9-7-15)25-12-17(21)22/h6-9,13-14H,10-12H2,1-5H3,(H,20,23)(H,21,22). The second-order valence-electron chi connectivity index (χ2n) is 7.06. The van der Waals surface area contributed by atoms with E-state index in [1.165, 1.54) is 0 Å². The number of hydrogen-bond donors (Lipinski definition) is 2. The van der Waals surface area contributed by atoms with Crippen LogP contribution >= 0.6 is 0 Å². The normalized spacial score (nSPS) is 11.6. The molecule has 0 heterocycles. The lowest BCUT2D eigenvalue weighted by Crippen LogP contribution is -2.46. The highest BCUT2D eigenvalue weighted by Gasteiger charge is 2.39. The van der Waals surface area contributed by atoms with Crippen LogP contribution in [0.2, 0.25) is 0 Å². The third-order valence-corrected chi connectivity index (χ3v) is 3.76. The zero-order chi connectivity index (χ0) is 19.0. The van der Waals surface area contributed by atoms with Gasteiger partial charge in [0.05, 0.1) is 0 Å². The van der Waals surface area contributed by atoms with Crippen molar-refractivity contribution in [1.29, 1.82) is 0 Å². The lowest BCUT2D eigenvalue weighted by molar-refractivity contribution is -0.142. The summed E-state index contributed by atoms with van der Waals surface area (Å²) in [5.74, 6) is -0.142. The van der Waals surface area contributed by atoms with Gasteiger partial charge in [0.2, 0.25) is 0 Å². The molecule has 140 valence electrons. The number of rotatable bonds is 10. The smallest absolute Gasteiger partial charge is 0.341 e. The molecule has 1 rings (SSSR count). The predicted molar refractivity (Wildman–Crippen MR) is 96.9 cm³/mol. The third-order valence-electron chi connectivity index (χ3n) is 3.76. The summed E-state index contributed by atoms with van der Waals surface area (Å²) in [6.07, 6.45) is 1.26. The van der Waals surface area contributed by atoms with Gasteiger partial charge < -0.3 is 19.9 Å². The van der Waals surface area contributed by atoms with Gasteiger partial charge in [-0.05, 0) is 48.9 Å². The minimum Gasteiger partial charge on any atom is -0.482 e. The second-order valence-corrected chi connectivity index (χ2v) is 7.06. The summed E-state index contributed by atoms with van der Waals surface area (Å²) in [6.45, 7) is 7.86. The van der Waals surface area contributed by atoms with E-state index in [2.05, 4.69) is 33.0 Å². The number of methoxy groups -OCH3 is 1. The molecule has 0 aliphatic rings. The van der Waals surface area contributed by atoms with Crippen molar-refractivity contribution in [3.05, 3.63) is 24.3 Å². The Morgan fingerprint density at radius 3 is 2.00 bits per heavy atom. The number of carboxylic acids is 1. The largest absolute Gasteiger partial charge is 0.482 e. The van der Waals surface area contributed by atoms with Crippen molar-refractivity contribution in [2.24, 2.45) is 11.8 Å². The Morgan fingerprint density at radius 2 is 1.60 bits per heavy atom. The molecule has 0 saturated heterocycles. The monoisotopic (exact) mass is 351 g/mol. The average Bonchev–Trinajstić information content (AvgIpc) is 2.52. The molecule has 6 heteroatoms. The Morgan fingerprint density at radius 1 is 1.08 bits per heavy atom. The van der Waals surface area contributed by atoms with Crippen molar-refractivity contribution in [2.45, 2.75) is 46.1 Å². The molecule has 6 nitrogen and oxygen atoms in total. The molecule has 25 heavy (non-hydrogen) atoms. The highest BCUT2D eigenvalue weighted by atomic mass is 16.5. The SMILES string of the molecule is COC(CC(C)C)(CC(C)C)C(=O)Nc1ccc(OCC(=O)O)cc1. The zero-order valence-corrected chi connectivity index (χ0v) is 15.7. The molecule has 0 aromatic heterocycles. The van der Waals surface area contributed by atoms with E-state index >= 15 is 0 Å². The quantitative estimate of drug-likeness (QED) is 0.673. The molecule has 0 saturated carbocycles. The summed E-state index contributed by atoms with van der Waals surface area (Å²) in [5.41, 5.74) is -0.262. The van der Waals surface area contributed by atoms with E-state index in [-0.39, 0.29) is 5.91 Å². The van der Waals surface area contributed by atoms with Gasteiger partial charge in [-0.3, -0.25) is 4.79 Å². The fourth-order valence-electron chi connectivity index (χ4n) is 2.87. The third kappa shape index (κ3) is 6.74. The number of hydrogen-bond acceptors (Lipinski definition) is 4. The van der Waals surface area contributed by atoms with Crippen molar-refractivity contribution < 1.29 is 24.2 Å². The fourth-order valence-corrected chi connectivity index (χ4v) is 2.87. The number of aliphatic carboxylic acids is 1. The second kappa shape index (κ2) is 9.42. The topological polar surface area (TPSA) is 84.9 Å². The van der Waals surface area contributed by atoms with E-state index in [0.717, 1.165) is 0 Å². The van der Waals surface area contributed by atoms with Crippen LogP contribution in [0.3, 0.4) is 0 Å². The molecule has 0 bridgehead atoms. The highest BCUT2D eigenvalue weighted by molar-refractivity contribution is 5.97. The number of benzene rings is 1. The van der Waals surface area contributed by atoms with Crippen LogP contribution in [0.5, 0.6) is 5.75 Å². The molecule has 1 aromatic rings. The van der Waals surface area contributed by atoms with Gasteiger partial charge in [-0.2, -0.15) is 0 Å². The van der Waals surface area contributed by atoms with E-state index in [0.29, 0.717) is 36.1 Å². The van der Waals surface area contributed by atoms with Crippen molar-refractivity contribution in [3.8, 4) is 5.75 Å². The first kappa shape index (κ1) is 21.0. The molecule has 0 radical (unpaired) electrons. The van der Waals surface area contributed by atoms with Gasteiger partial charge >= 0.3 is 5.97 Å². The molecule has 1 amide bonds. The minimum atomic E-state index is -1.04. The van der Waals surface area contributed by atoms with Gasteiger partial charge in [0, 0.05) is 12.8 Å². The predicted octanol–water partition coefficient (Wildman–Crippen LogP) is 3.57. The first-order valence-corrected chi connectivity index (χ1v) is 8.49. The number of carboxylic acid groups (broad SMARTS) is 1. The van der Waals surface area contributed by atoms with Crippen molar-refractivity contribution in [2.75, 3.05) is 19.0 Å².